The highest BCUT2D eigenvalue weighted by atomic mass is 16.6. The first-order valence-electron chi connectivity index (χ1n) is 14.3. The Morgan fingerprint density at radius 1 is 0.702 bits per heavy atom. The number of hydrogen-bond donors (Lipinski definition) is 0. The highest BCUT2D eigenvalue weighted by Crippen LogP contribution is 2.30. The van der Waals surface area contributed by atoms with Crippen molar-refractivity contribution in [2.75, 3.05) is 28.4 Å². The average molecular weight is 631 g/mol. The van der Waals surface area contributed by atoms with Crippen LogP contribution in [0.4, 0.5) is 5.69 Å². The quantitative estimate of drug-likeness (QED) is 0.122. The van der Waals surface area contributed by atoms with E-state index in [0.717, 1.165) is 38.4 Å². The van der Waals surface area contributed by atoms with Crippen molar-refractivity contribution in [1.82, 2.24) is 0 Å². The van der Waals surface area contributed by atoms with E-state index in [1.807, 2.05) is 84.9 Å². The monoisotopic (exact) mass is 630 g/mol. The van der Waals surface area contributed by atoms with E-state index in [1.54, 1.807) is 21.1 Å². The maximum atomic E-state index is 10.3. The number of nitrogens with zero attached hydrogens (tertiary/aromatic N) is 4. The Morgan fingerprint density at radius 2 is 1.28 bits per heavy atom. The van der Waals surface area contributed by atoms with Crippen LogP contribution in [0.25, 0.3) is 21.5 Å². The van der Waals surface area contributed by atoms with E-state index < -0.39 is 22.7 Å². The van der Waals surface area contributed by atoms with Crippen molar-refractivity contribution in [1.29, 1.82) is 15.8 Å². The van der Waals surface area contributed by atoms with Crippen LogP contribution >= 0.6 is 0 Å². The molecule has 0 saturated carbocycles. The van der Waals surface area contributed by atoms with Gasteiger partial charge in [-0.3, -0.25) is 10.1 Å². The third-order valence-electron chi connectivity index (χ3n) is 7.41. The molecular formula is C37H34N4O6. The van der Waals surface area contributed by atoms with Gasteiger partial charge in [-0.15, -0.1) is 0 Å². The Kier molecular flexibility index (Phi) is 12.9. The number of rotatable bonds is 8. The summed E-state index contributed by atoms with van der Waals surface area (Å²) < 4.78 is 20.4. The maximum absolute atomic E-state index is 10.3. The first-order valence-corrected chi connectivity index (χ1v) is 14.3. The average Bonchev–Trinajstić information content (AvgIpc) is 3.12. The molecule has 10 heteroatoms. The molecule has 0 bridgehead atoms. The van der Waals surface area contributed by atoms with Crippen LogP contribution in [-0.4, -0.2) is 33.4 Å². The molecule has 0 aromatic heterocycles. The van der Waals surface area contributed by atoms with Gasteiger partial charge in [-0.2, -0.15) is 15.8 Å². The molecule has 0 radical (unpaired) electrons. The van der Waals surface area contributed by atoms with Gasteiger partial charge in [0, 0.05) is 39.0 Å². The number of fused-ring (bicyclic) bond motifs is 2. The van der Waals surface area contributed by atoms with Gasteiger partial charge in [0.25, 0.3) is 5.69 Å². The molecule has 3 unspecified atom stereocenters. The summed E-state index contributed by atoms with van der Waals surface area (Å²) in [6.45, 7) is 1.79. The minimum absolute atomic E-state index is 0.00143. The molecule has 0 amide bonds. The zero-order valence-corrected chi connectivity index (χ0v) is 26.7. The second-order valence-corrected chi connectivity index (χ2v) is 10.2. The van der Waals surface area contributed by atoms with E-state index in [0.29, 0.717) is 5.56 Å². The third-order valence-corrected chi connectivity index (χ3v) is 7.41. The predicted octanol–water partition coefficient (Wildman–Crippen LogP) is 8.09. The molecule has 10 nitrogen and oxygen atoms in total. The van der Waals surface area contributed by atoms with Crippen LogP contribution in [0, 0.1) is 44.1 Å². The summed E-state index contributed by atoms with van der Waals surface area (Å²) in [5, 5.41) is 41.5. The van der Waals surface area contributed by atoms with E-state index in [4.69, 9.17) is 29.5 Å². The van der Waals surface area contributed by atoms with Crippen molar-refractivity contribution in [2.24, 2.45) is 0 Å². The maximum Gasteiger partial charge on any atom is 0.269 e. The fourth-order valence-electron chi connectivity index (χ4n) is 4.69. The molecule has 5 aromatic rings. The molecule has 0 aliphatic heterocycles. The Morgan fingerprint density at radius 3 is 1.85 bits per heavy atom. The van der Waals surface area contributed by atoms with Gasteiger partial charge >= 0.3 is 0 Å². The van der Waals surface area contributed by atoms with Crippen LogP contribution in [0.5, 0.6) is 5.75 Å². The number of nitro groups is 1. The Hall–Kier alpha value is -5.83. The minimum atomic E-state index is -0.888. The molecule has 3 atom stereocenters. The van der Waals surface area contributed by atoms with E-state index in [2.05, 4.69) is 12.1 Å². The van der Waals surface area contributed by atoms with Crippen LogP contribution in [0.1, 0.15) is 35.8 Å². The molecule has 0 N–H and O–H groups in total. The number of nitriles is 3. The lowest BCUT2D eigenvalue weighted by Gasteiger charge is -2.21. The van der Waals surface area contributed by atoms with Gasteiger partial charge in [0.05, 0.1) is 24.2 Å². The Balaban J connectivity index is 0.000000193. The van der Waals surface area contributed by atoms with Gasteiger partial charge in [-0.05, 0) is 69.9 Å². The number of hydrogen-bond acceptors (Lipinski definition) is 9. The molecule has 0 fully saturated rings. The summed E-state index contributed by atoms with van der Waals surface area (Å²) in [6, 6.07) is 37.6. The van der Waals surface area contributed by atoms with E-state index in [-0.39, 0.29) is 5.69 Å². The summed E-state index contributed by atoms with van der Waals surface area (Å²) in [5.74, 6) is 0.828. The van der Waals surface area contributed by atoms with Gasteiger partial charge in [-0.25, -0.2) is 0 Å². The summed E-state index contributed by atoms with van der Waals surface area (Å²) >= 11 is 0. The molecule has 0 saturated heterocycles. The normalized spacial score (nSPS) is 12.7. The summed E-state index contributed by atoms with van der Waals surface area (Å²) in [5.41, 5.74) is 1.51. The fourth-order valence-corrected chi connectivity index (χ4v) is 4.69. The van der Waals surface area contributed by atoms with Crippen molar-refractivity contribution in [3.8, 4) is 24.0 Å². The zero-order chi connectivity index (χ0) is 34.4. The van der Waals surface area contributed by atoms with Crippen LogP contribution in [-0.2, 0) is 19.8 Å². The van der Waals surface area contributed by atoms with Crippen LogP contribution in [0.3, 0.4) is 0 Å². The minimum Gasteiger partial charge on any atom is -0.497 e. The van der Waals surface area contributed by atoms with E-state index in [1.165, 1.54) is 38.5 Å². The highest BCUT2D eigenvalue weighted by molar-refractivity contribution is 5.87. The lowest BCUT2D eigenvalue weighted by atomic mass is 9.92. The molecule has 5 rings (SSSR count). The third kappa shape index (κ3) is 8.88. The standard InChI is InChI=1S/C14H13NO2.C14H13NO.C9H8N2O3/c1-16-13-6-5-10-7-12(14(9-15)17-2)4-3-11(10)8-13;1-14(10-15,16-2)13-9-5-7-11-6-3-4-8-12(11)13;1-14-9(6-10)7-2-4-8(5-3-7)11(12)13/h3-8,14H,1-2H3;3-9H,1-2H3;2-5,9H,1H3. The smallest absolute Gasteiger partial charge is 0.269 e. The van der Waals surface area contributed by atoms with Crippen molar-refractivity contribution >= 4 is 27.2 Å². The van der Waals surface area contributed by atoms with E-state index >= 15 is 0 Å². The first kappa shape index (κ1) is 35.6. The number of ether oxygens (including phenoxy) is 4. The molecule has 47 heavy (non-hydrogen) atoms. The molecule has 0 aliphatic carbocycles. The second-order valence-electron chi connectivity index (χ2n) is 10.2. The topological polar surface area (TPSA) is 151 Å². The van der Waals surface area contributed by atoms with Gasteiger partial charge in [0.15, 0.2) is 17.8 Å². The zero-order valence-electron chi connectivity index (χ0n) is 26.7. The molecular weight excluding hydrogens is 596 g/mol. The number of methoxy groups -OCH3 is 4. The summed E-state index contributed by atoms with van der Waals surface area (Å²) in [4.78, 5) is 9.84. The highest BCUT2D eigenvalue weighted by Gasteiger charge is 2.27. The first-order chi connectivity index (χ1) is 22.7. The molecule has 238 valence electrons. The van der Waals surface area contributed by atoms with E-state index in [9.17, 15) is 15.4 Å². The molecule has 0 heterocycles. The fraction of sp³-hybridized carbons (Fsp3) is 0.216. The molecule has 0 spiro atoms. The number of benzene rings is 5. The van der Waals surface area contributed by atoms with Crippen molar-refractivity contribution in [3.63, 3.8) is 0 Å². The molecule has 5 aromatic carbocycles. The second kappa shape index (κ2) is 17.0. The lowest BCUT2D eigenvalue weighted by Crippen LogP contribution is -2.22. The SMILES string of the molecule is COC(C#N)c1ccc([N+](=O)[O-])cc1.COC(C)(C#N)c1cccc2ccccc12.COc1ccc2cc(C(C#N)OC)ccc2c1. The van der Waals surface area contributed by atoms with Crippen molar-refractivity contribution in [3.05, 3.63) is 130 Å². The largest absolute Gasteiger partial charge is 0.497 e. The molecule has 0 aliphatic rings. The van der Waals surface area contributed by atoms with Crippen LogP contribution in [0.15, 0.2) is 103 Å². The Labute approximate surface area is 273 Å². The van der Waals surface area contributed by atoms with Gasteiger partial charge in [0.1, 0.15) is 11.8 Å². The predicted molar refractivity (Wildman–Crippen MR) is 178 cm³/mol. The van der Waals surface area contributed by atoms with Gasteiger partial charge < -0.3 is 18.9 Å². The van der Waals surface area contributed by atoms with Crippen LogP contribution < -0.4 is 4.74 Å². The van der Waals surface area contributed by atoms with Crippen molar-refractivity contribution in [2.45, 2.75) is 24.7 Å². The Bertz CT molecular complexity index is 1940. The van der Waals surface area contributed by atoms with Gasteiger partial charge in [-0.1, -0.05) is 60.7 Å². The lowest BCUT2D eigenvalue weighted by molar-refractivity contribution is -0.384. The van der Waals surface area contributed by atoms with Gasteiger partial charge in [0.2, 0.25) is 0 Å². The number of nitro benzene ring substituents is 1. The summed E-state index contributed by atoms with van der Waals surface area (Å²) in [7, 11) is 6.15. The van der Waals surface area contributed by atoms with Crippen LogP contribution in [0.2, 0.25) is 0 Å². The van der Waals surface area contributed by atoms with Crippen molar-refractivity contribution < 1.29 is 23.9 Å². The summed E-state index contributed by atoms with van der Waals surface area (Å²) in [6.07, 6.45) is -1.18. The number of non-ortho nitro benzene ring substituents is 1.